The van der Waals surface area contributed by atoms with Crippen LogP contribution in [0.2, 0.25) is 0 Å². The minimum Gasteiger partial charge on any atom is -0.370 e. The van der Waals surface area contributed by atoms with E-state index in [1.807, 2.05) is 0 Å². The molecule has 0 radical (unpaired) electrons. The van der Waals surface area contributed by atoms with Crippen LogP contribution in [0.3, 0.4) is 0 Å². The van der Waals surface area contributed by atoms with Crippen molar-refractivity contribution in [2.45, 2.75) is 25.8 Å². The van der Waals surface area contributed by atoms with Gasteiger partial charge in [0.15, 0.2) is 0 Å². The molecule has 1 aromatic heterocycles. The first-order chi connectivity index (χ1) is 8.75. The maximum Gasteiger partial charge on any atom is 0.311 e. The quantitative estimate of drug-likeness (QED) is 0.330. The topological polar surface area (TPSA) is 149 Å². The van der Waals surface area contributed by atoms with E-state index >= 15 is 0 Å². The summed E-state index contributed by atoms with van der Waals surface area (Å²) < 4.78 is 0. The fourth-order valence-electron chi connectivity index (χ4n) is 1.57. The number of anilines is 2. The van der Waals surface area contributed by atoms with Gasteiger partial charge in [-0.2, -0.15) is 0 Å². The van der Waals surface area contributed by atoms with Gasteiger partial charge in [-0.3, -0.25) is 14.9 Å². The maximum atomic E-state index is 10.9. The van der Waals surface area contributed by atoms with Crippen molar-refractivity contribution in [3.8, 4) is 0 Å². The summed E-state index contributed by atoms with van der Waals surface area (Å²) in [6.45, 7) is 3.37. The Kier molecular flexibility index (Phi) is 4.22. The number of aromatic nitrogens is 1. The zero-order valence-electron chi connectivity index (χ0n) is 10.6. The van der Waals surface area contributed by atoms with Crippen molar-refractivity contribution in [2.24, 2.45) is 11.6 Å². The first kappa shape index (κ1) is 14.6. The minimum absolute atomic E-state index is 0.00607. The molecule has 9 heteroatoms. The number of carbonyl (C=O) groups excluding carboxylic acids is 1. The van der Waals surface area contributed by atoms with Gasteiger partial charge in [0.05, 0.1) is 4.92 Å². The Morgan fingerprint density at radius 1 is 1.53 bits per heavy atom. The van der Waals surface area contributed by atoms with Crippen LogP contribution in [-0.2, 0) is 4.79 Å². The lowest BCUT2D eigenvalue weighted by molar-refractivity contribution is -0.384. The molecule has 1 amide bonds. The Labute approximate surface area is 109 Å². The highest BCUT2D eigenvalue weighted by atomic mass is 16.6. The lowest BCUT2D eigenvalue weighted by Crippen LogP contribution is -2.36. The molecule has 0 aliphatic rings. The number of rotatable bonds is 6. The lowest BCUT2D eigenvalue weighted by Gasteiger charge is -2.25. The van der Waals surface area contributed by atoms with E-state index < -0.39 is 16.4 Å². The van der Waals surface area contributed by atoms with Crippen LogP contribution in [0.25, 0.3) is 0 Å². The van der Waals surface area contributed by atoms with Crippen molar-refractivity contribution in [3.05, 3.63) is 22.2 Å². The van der Waals surface area contributed by atoms with E-state index in [1.165, 1.54) is 12.1 Å². The molecular weight excluding hydrogens is 252 g/mol. The Morgan fingerprint density at radius 2 is 2.16 bits per heavy atom. The molecule has 0 unspecified atom stereocenters. The molecule has 0 aromatic carbocycles. The predicted molar refractivity (Wildman–Crippen MR) is 70.2 cm³/mol. The smallest absolute Gasteiger partial charge is 0.311 e. The third-order valence-electron chi connectivity index (χ3n) is 2.29. The van der Waals surface area contributed by atoms with Crippen LogP contribution in [0, 0.1) is 10.1 Å². The first-order valence-electron chi connectivity index (χ1n) is 5.44. The number of nitro groups is 1. The van der Waals surface area contributed by atoms with Gasteiger partial charge in [0.1, 0.15) is 5.82 Å². The SMILES string of the molecule is CC(C)(CC(N)=O)Nc1nc(NN)ccc1[N+](=O)[O-]. The van der Waals surface area contributed by atoms with E-state index in [-0.39, 0.29) is 23.7 Å². The first-order valence-corrected chi connectivity index (χ1v) is 5.44. The highest BCUT2D eigenvalue weighted by molar-refractivity contribution is 5.76. The molecule has 0 saturated heterocycles. The monoisotopic (exact) mass is 268 g/mol. The zero-order valence-corrected chi connectivity index (χ0v) is 10.6. The summed E-state index contributed by atoms with van der Waals surface area (Å²) in [5, 5.41) is 13.7. The van der Waals surface area contributed by atoms with Crippen molar-refractivity contribution < 1.29 is 9.72 Å². The zero-order chi connectivity index (χ0) is 14.6. The van der Waals surface area contributed by atoms with Crippen LogP contribution in [0.5, 0.6) is 0 Å². The van der Waals surface area contributed by atoms with E-state index in [9.17, 15) is 14.9 Å². The lowest BCUT2D eigenvalue weighted by atomic mass is 10.0. The van der Waals surface area contributed by atoms with Gasteiger partial charge in [0.2, 0.25) is 11.7 Å². The fraction of sp³-hybridized carbons (Fsp3) is 0.400. The van der Waals surface area contributed by atoms with E-state index in [2.05, 4.69) is 15.7 Å². The summed E-state index contributed by atoms with van der Waals surface area (Å²) in [5.41, 5.74) is 6.44. The van der Waals surface area contributed by atoms with Gasteiger partial charge in [-0.15, -0.1) is 0 Å². The van der Waals surface area contributed by atoms with Gasteiger partial charge in [0.25, 0.3) is 0 Å². The second-order valence-corrected chi connectivity index (χ2v) is 4.62. The molecule has 19 heavy (non-hydrogen) atoms. The fourth-order valence-corrected chi connectivity index (χ4v) is 1.57. The largest absolute Gasteiger partial charge is 0.370 e. The second kappa shape index (κ2) is 5.48. The van der Waals surface area contributed by atoms with Crippen LogP contribution < -0.4 is 22.3 Å². The number of pyridine rings is 1. The molecule has 6 N–H and O–H groups in total. The molecule has 0 fully saturated rings. The highest BCUT2D eigenvalue weighted by Crippen LogP contribution is 2.27. The molecule has 0 aliphatic carbocycles. The molecule has 0 atom stereocenters. The molecule has 9 nitrogen and oxygen atoms in total. The Hall–Kier alpha value is -2.42. The van der Waals surface area contributed by atoms with Crippen molar-refractivity contribution in [1.82, 2.24) is 4.98 Å². The number of primary amides is 1. The Bertz CT molecular complexity index is 502. The minimum atomic E-state index is -0.767. The maximum absolute atomic E-state index is 10.9. The van der Waals surface area contributed by atoms with Crippen molar-refractivity contribution in [3.63, 3.8) is 0 Å². The Balaban J connectivity index is 3.10. The molecule has 1 aromatic rings. The van der Waals surface area contributed by atoms with Crippen LogP contribution in [-0.4, -0.2) is 21.4 Å². The molecule has 0 saturated carbocycles. The summed E-state index contributed by atoms with van der Waals surface area (Å²) >= 11 is 0. The van der Waals surface area contributed by atoms with Crippen molar-refractivity contribution >= 4 is 23.2 Å². The van der Waals surface area contributed by atoms with Crippen LogP contribution >= 0.6 is 0 Å². The number of nitrogens with zero attached hydrogens (tertiary/aromatic N) is 2. The number of hydrazine groups is 1. The summed E-state index contributed by atoms with van der Waals surface area (Å²) in [5.74, 6) is 4.97. The van der Waals surface area contributed by atoms with Crippen LogP contribution in [0.15, 0.2) is 12.1 Å². The number of hydrogen-bond donors (Lipinski definition) is 4. The number of nitrogen functional groups attached to an aromatic ring is 1. The molecule has 104 valence electrons. The van der Waals surface area contributed by atoms with E-state index in [1.54, 1.807) is 13.8 Å². The summed E-state index contributed by atoms with van der Waals surface area (Å²) in [4.78, 5) is 25.2. The van der Waals surface area contributed by atoms with E-state index in [0.29, 0.717) is 0 Å². The van der Waals surface area contributed by atoms with E-state index in [4.69, 9.17) is 11.6 Å². The summed E-state index contributed by atoms with van der Waals surface area (Å²) in [7, 11) is 0. The second-order valence-electron chi connectivity index (χ2n) is 4.62. The van der Waals surface area contributed by atoms with Crippen LogP contribution in [0.4, 0.5) is 17.3 Å². The van der Waals surface area contributed by atoms with E-state index in [0.717, 1.165) is 0 Å². The summed E-state index contributed by atoms with van der Waals surface area (Å²) in [6.07, 6.45) is 0.00607. The molecule has 1 rings (SSSR count). The van der Waals surface area contributed by atoms with Gasteiger partial charge in [0, 0.05) is 18.0 Å². The van der Waals surface area contributed by atoms with Gasteiger partial charge in [-0.05, 0) is 19.9 Å². The average Bonchev–Trinajstić information content (AvgIpc) is 2.25. The number of amides is 1. The predicted octanol–water partition coefficient (Wildman–Crippen LogP) is 0.341. The number of carbonyl (C=O) groups is 1. The molecule has 1 heterocycles. The Morgan fingerprint density at radius 3 is 2.63 bits per heavy atom. The van der Waals surface area contributed by atoms with Crippen LogP contribution in [0.1, 0.15) is 20.3 Å². The number of nitrogens with one attached hydrogen (secondary N) is 2. The third kappa shape index (κ3) is 4.07. The van der Waals surface area contributed by atoms with Gasteiger partial charge < -0.3 is 16.5 Å². The highest BCUT2D eigenvalue weighted by Gasteiger charge is 2.25. The molecular formula is C10H16N6O3. The number of nitrogens with two attached hydrogens (primary N) is 2. The molecule has 0 bridgehead atoms. The normalized spacial score (nSPS) is 10.9. The van der Waals surface area contributed by atoms with Gasteiger partial charge >= 0.3 is 5.69 Å². The molecule has 0 aliphatic heterocycles. The third-order valence-corrected chi connectivity index (χ3v) is 2.29. The van der Waals surface area contributed by atoms with Gasteiger partial charge in [-0.25, -0.2) is 10.8 Å². The van der Waals surface area contributed by atoms with Crippen molar-refractivity contribution in [2.75, 3.05) is 10.7 Å². The standard InChI is InChI=1S/C10H16N6O3/c1-10(2,5-7(11)17)14-9-6(16(18)19)3-4-8(13-9)15-12/h3-4H,5,12H2,1-2H3,(H2,11,17)(H2,13,14,15). The average molecular weight is 268 g/mol. The molecule has 0 spiro atoms. The van der Waals surface area contributed by atoms with Gasteiger partial charge in [-0.1, -0.05) is 0 Å². The summed E-state index contributed by atoms with van der Waals surface area (Å²) in [6, 6.07) is 2.65. The number of hydrogen-bond acceptors (Lipinski definition) is 7. The van der Waals surface area contributed by atoms with Crippen molar-refractivity contribution in [1.29, 1.82) is 0 Å².